The first kappa shape index (κ1) is 15.5. The van der Waals surface area contributed by atoms with E-state index in [0.29, 0.717) is 19.8 Å². The van der Waals surface area contributed by atoms with Crippen molar-refractivity contribution in [3.63, 3.8) is 0 Å². The summed E-state index contributed by atoms with van der Waals surface area (Å²) in [6, 6.07) is 8.10. The van der Waals surface area contributed by atoms with E-state index in [1.807, 2.05) is 31.3 Å². The molecule has 5 nitrogen and oxygen atoms in total. The van der Waals surface area contributed by atoms with Crippen LogP contribution in [0.2, 0.25) is 0 Å². The molecule has 0 atom stereocenters. The highest BCUT2D eigenvalue weighted by atomic mass is 16.5. The molecule has 1 fully saturated rings. The van der Waals surface area contributed by atoms with Gasteiger partial charge in [0.05, 0.1) is 29.4 Å². The number of imidazole rings is 1. The number of rotatable bonds is 5. The van der Waals surface area contributed by atoms with E-state index in [0.717, 1.165) is 53.4 Å². The quantitative estimate of drug-likeness (QED) is 0.781. The molecular formula is C19H23N3O2. The summed E-state index contributed by atoms with van der Waals surface area (Å²) in [6.07, 6.45) is 5.70. The predicted octanol–water partition coefficient (Wildman–Crippen LogP) is 3.43. The Bertz CT molecular complexity index is 866. The molecule has 0 aliphatic heterocycles. The maximum absolute atomic E-state index is 10.9. The minimum absolute atomic E-state index is 0.454. The normalized spacial score (nSPS) is 17.1. The second kappa shape index (κ2) is 6.15. The lowest BCUT2D eigenvalue weighted by molar-refractivity contribution is 0.0281. The van der Waals surface area contributed by atoms with Gasteiger partial charge in [0.2, 0.25) is 0 Å². The van der Waals surface area contributed by atoms with E-state index in [-0.39, 0.29) is 0 Å². The summed E-state index contributed by atoms with van der Waals surface area (Å²) in [5.41, 5.74) is 2.23. The van der Waals surface area contributed by atoms with Gasteiger partial charge in [0.25, 0.3) is 0 Å². The first-order valence-corrected chi connectivity index (χ1v) is 8.73. The van der Waals surface area contributed by atoms with E-state index in [1.54, 1.807) is 0 Å². The van der Waals surface area contributed by atoms with Gasteiger partial charge in [-0.1, -0.05) is 31.0 Å². The third-order valence-electron chi connectivity index (χ3n) is 4.98. The van der Waals surface area contributed by atoms with Crippen molar-refractivity contribution in [1.82, 2.24) is 14.5 Å². The topological polar surface area (TPSA) is 60.2 Å². The maximum Gasteiger partial charge on any atom is 0.136 e. The highest BCUT2D eigenvalue weighted by molar-refractivity contribution is 6.02. The Morgan fingerprint density at radius 2 is 2.00 bits per heavy atom. The molecule has 1 aromatic carbocycles. The van der Waals surface area contributed by atoms with Crippen molar-refractivity contribution >= 4 is 21.9 Å². The van der Waals surface area contributed by atoms with Crippen molar-refractivity contribution in [1.29, 1.82) is 0 Å². The summed E-state index contributed by atoms with van der Waals surface area (Å²) >= 11 is 0. The van der Waals surface area contributed by atoms with Gasteiger partial charge < -0.3 is 14.4 Å². The van der Waals surface area contributed by atoms with Crippen LogP contribution in [0, 0.1) is 0 Å². The minimum Gasteiger partial charge on any atom is -0.388 e. The lowest BCUT2D eigenvalue weighted by Gasteiger charge is -2.24. The molecule has 0 spiro atoms. The molecule has 0 amide bonds. The van der Waals surface area contributed by atoms with Gasteiger partial charge in [0.1, 0.15) is 17.9 Å². The molecule has 1 aliphatic carbocycles. The summed E-state index contributed by atoms with van der Waals surface area (Å²) in [7, 11) is 0. The van der Waals surface area contributed by atoms with Gasteiger partial charge in [-0.3, -0.25) is 4.98 Å². The maximum atomic E-state index is 10.9. The fourth-order valence-corrected chi connectivity index (χ4v) is 3.77. The number of nitrogens with zero attached hydrogens (tertiary/aromatic N) is 3. The van der Waals surface area contributed by atoms with E-state index in [1.165, 1.54) is 0 Å². The number of hydrogen-bond donors (Lipinski definition) is 1. The number of aromatic nitrogens is 3. The van der Waals surface area contributed by atoms with Crippen LogP contribution in [0.25, 0.3) is 21.9 Å². The monoisotopic (exact) mass is 325 g/mol. The molecule has 2 heterocycles. The Hall–Kier alpha value is -1.98. The van der Waals surface area contributed by atoms with E-state index in [2.05, 4.69) is 15.6 Å². The van der Waals surface area contributed by atoms with E-state index in [4.69, 9.17) is 9.72 Å². The van der Waals surface area contributed by atoms with Crippen molar-refractivity contribution < 1.29 is 9.84 Å². The fourth-order valence-electron chi connectivity index (χ4n) is 3.77. The smallest absolute Gasteiger partial charge is 0.136 e. The number of ether oxygens (including phenoxy) is 1. The first-order valence-electron chi connectivity index (χ1n) is 8.73. The number of para-hydroxylation sites is 1. The number of fused-ring (bicyclic) bond motifs is 3. The highest BCUT2D eigenvalue weighted by Crippen LogP contribution is 2.34. The standard InChI is InChI=1S/C19H23N3O2/c1-2-24-12-17-21-16-11-20-15-8-4-3-7-14(15)18(16)22(17)13-19(23)9-5-6-10-19/h3-4,7-8,11,23H,2,5-6,9-10,12-13H2,1H3. The molecular weight excluding hydrogens is 302 g/mol. The zero-order valence-electron chi connectivity index (χ0n) is 14.0. The van der Waals surface area contributed by atoms with Crippen molar-refractivity contribution in [2.75, 3.05) is 6.61 Å². The van der Waals surface area contributed by atoms with Crippen LogP contribution in [-0.4, -0.2) is 31.8 Å². The minimum atomic E-state index is -0.640. The number of hydrogen-bond acceptors (Lipinski definition) is 4. The molecule has 126 valence electrons. The van der Waals surface area contributed by atoms with Gasteiger partial charge in [-0.05, 0) is 25.8 Å². The fraction of sp³-hybridized carbons (Fsp3) is 0.474. The van der Waals surface area contributed by atoms with Crippen LogP contribution in [0.5, 0.6) is 0 Å². The summed E-state index contributed by atoms with van der Waals surface area (Å²) < 4.78 is 7.77. The largest absolute Gasteiger partial charge is 0.388 e. The predicted molar refractivity (Wildman–Crippen MR) is 93.8 cm³/mol. The molecule has 1 saturated carbocycles. The lowest BCUT2D eigenvalue weighted by atomic mass is 10.0. The third kappa shape index (κ3) is 2.68. The molecule has 24 heavy (non-hydrogen) atoms. The molecule has 3 aromatic rings. The Kier molecular flexibility index (Phi) is 3.98. The van der Waals surface area contributed by atoms with Gasteiger partial charge in [-0.15, -0.1) is 0 Å². The van der Waals surface area contributed by atoms with Crippen LogP contribution in [-0.2, 0) is 17.9 Å². The van der Waals surface area contributed by atoms with Gasteiger partial charge >= 0.3 is 0 Å². The van der Waals surface area contributed by atoms with Crippen LogP contribution in [0.15, 0.2) is 30.5 Å². The molecule has 1 N–H and O–H groups in total. The summed E-state index contributed by atoms with van der Waals surface area (Å²) in [5, 5.41) is 12.0. The molecule has 2 aromatic heterocycles. The molecule has 5 heteroatoms. The lowest BCUT2D eigenvalue weighted by Crippen LogP contribution is -2.31. The van der Waals surface area contributed by atoms with Crippen LogP contribution in [0.3, 0.4) is 0 Å². The molecule has 0 saturated heterocycles. The van der Waals surface area contributed by atoms with Gasteiger partial charge in [0, 0.05) is 12.0 Å². The zero-order chi connectivity index (χ0) is 16.6. The molecule has 0 unspecified atom stereocenters. The number of benzene rings is 1. The van der Waals surface area contributed by atoms with Crippen LogP contribution >= 0.6 is 0 Å². The van der Waals surface area contributed by atoms with Crippen molar-refractivity contribution in [2.45, 2.75) is 51.4 Å². The third-order valence-corrected chi connectivity index (χ3v) is 4.98. The van der Waals surface area contributed by atoms with Crippen molar-refractivity contribution in [3.8, 4) is 0 Å². The average molecular weight is 325 g/mol. The summed E-state index contributed by atoms with van der Waals surface area (Å²) in [6.45, 7) is 3.65. The van der Waals surface area contributed by atoms with Crippen LogP contribution in [0.1, 0.15) is 38.4 Å². The highest BCUT2D eigenvalue weighted by Gasteiger charge is 2.33. The van der Waals surface area contributed by atoms with E-state index in [9.17, 15) is 5.11 Å². The average Bonchev–Trinajstić information content (AvgIpc) is 3.17. The van der Waals surface area contributed by atoms with Crippen molar-refractivity contribution in [2.24, 2.45) is 0 Å². The van der Waals surface area contributed by atoms with Gasteiger partial charge in [-0.25, -0.2) is 4.98 Å². The number of pyridine rings is 1. The zero-order valence-corrected chi connectivity index (χ0v) is 14.0. The van der Waals surface area contributed by atoms with E-state index >= 15 is 0 Å². The Morgan fingerprint density at radius 1 is 1.21 bits per heavy atom. The first-order chi connectivity index (χ1) is 11.7. The Morgan fingerprint density at radius 3 is 2.79 bits per heavy atom. The van der Waals surface area contributed by atoms with E-state index < -0.39 is 5.60 Å². The Labute approximate surface area is 141 Å². The van der Waals surface area contributed by atoms with Gasteiger partial charge in [-0.2, -0.15) is 0 Å². The molecule has 4 rings (SSSR count). The summed E-state index contributed by atoms with van der Waals surface area (Å²) in [4.78, 5) is 9.25. The Balaban J connectivity index is 1.90. The second-order valence-electron chi connectivity index (χ2n) is 6.69. The van der Waals surface area contributed by atoms with Crippen LogP contribution in [0.4, 0.5) is 0 Å². The molecule has 0 radical (unpaired) electrons. The molecule has 1 aliphatic rings. The number of aliphatic hydroxyl groups is 1. The SMILES string of the molecule is CCOCc1nc2cnc3ccccc3c2n1CC1(O)CCCC1. The summed E-state index contributed by atoms with van der Waals surface area (Å²) in [5.74, 6) is 0.866. The molecule has 0 bridgehead atoms. The van der Waals surface area contributed by atoms with Gasteiger partial charge in [0.15, 0.2) is 0 Å². The van der Waals surface area contributed by atoms with Crippen LogP contribution < -0.4 is 0 Å². The van der Waals surface area contributed by atoms with Crippen molar-refractivity contribution in [3.05, 3.63) is 36.3 Å². The second-order valence-corrected chi connectivity index (χ2v) is 6.69.